The van der Waals surface area contributed by atoms with Crippen molar-refractivity contribution in [2.45, 2.75) is 33.2 Å². The van der Waals surface area contributed by atoms with Crippen molar-refractivity contribution in [2.24, 2.45) is 0 Å². The molecule has 0 spiro atoms. The third kappa shape index (κ3) is 4.32. The lowest BCUT2D eigenvalue weighted by Gasteiger charge is -2.12. The van der Waals surface area contributed by atoms with E-state index >= 15 is 0 Å². The summed E-state index contributed by atoms with van der Waals surface area (Å²) in [6.07, 6.45) is 0.832. The van der Waals surface area contributed by atoms with E-state index in [9.17, 15) is 9.59 Å². The van der Waals surface area contributed by atoms with Crippen LogP contribution in [0.4, 0.5) is 0 Å². The smallest absolute Gasteiger partial charge is 0.291 e. The highest BCUT2D eigenvalue weighted by molar-refractivity contribution is 6.30. The minimum absolute atomic E-state index is 0.0117. The van der Waals surface area contributed by atoms with Gasteiger partial charge in [-0.15, -0.1) is 5.10 Å². The van der Waals surface area contributed by atoms with Gasteiger partial charge in [-0.3, -0.25) is 9.59 Å². The van der Waals surface area contributed by atoms with Crippen molar-refractivity contribution in [3.05, 3.63) is 40.9 Å². The highest BCUT2D eigenvalue weighted by Crippen LogP contribution is 2.14. The van der Waals surface area contributed by atoms with Gasteiger partial charge in [-0.05, 0) is 44.5 Å². The Bertz CT molecular complexity index is 727. The quantitative estimate of drug-likeness (QED) is 0.833. The number of benzene rings is 1. The van der Waals surface area contributed by atoms with Gasteiger partial charge in [0.05, 0.1) is 5.69 Å². The Morgan fingerprint density at radius 1 is 1.29 bits per heavy atom. The zero-order valence-corrected chi connectivity index (χ0v) is 14.6. The fraction of sp³-hybridized carbons (Fsp3) is 0.375. The third-order valence-corrected chi connectivity index (χ3v) is 3.59. The SMILES string of the molecule is CCCNC(=O)[C@@H](C)NC(=O)c1nc(C)n(-c2ccc(Cl)cc2)n1. The Morgan fingerprint density at radius 2 is 1.96 bits per heavy atom. The summed E-state index contributed by atoms with van der Waals surface area (Å²) in [5.74, 6) is -0.160. The van der Waals surface area contributed by atoms with Crippen LogP contribution in [0.15, 0.2) is 24.3 Å². The molecule has 2 amide bonds. The van der Waals surface area contributed by atoms with Gasteiger partial charge in [-0.2, -0.15) is 0 Å². The molecule has 0 aliphatic rings. The number of nitrogens with one attached hydrogen (secondary N) is 2. The average Bonchev–Trinajstić information content (AvgIpc) is 2.95. The summed E-state index contributed by atoms with van der Waals surface area (Å²) in [6, 6.07) is 6.38. The monoisotopic (exact) mass is 349 g/mol. The van der Waals surface area contributed by atoms with Crippen LogP contribution in [0.5, 0.6) is 0 Å². The molecule has 7 nitrogen and oxygen atoms in total. The van der Waals surface area contributed by atoms with Crippen molar-refractivity contribution in [1.29, 1.82) is 0 Å². The predicted molar refractivity (Wildman–Crippen MR) is 91.3 cm³/mol. The van der Waals surface area contributed by atoms with Crippen molar-refractivity contribution in [3.8, 4) is 5.69 Å². The predicted octanol–water partition coefficient (Wildman–Crippen LogP) is 1.87. The number of amides is 2. The Morgan fingerprint density at radius 3 is 2.58 bits per heavy atom. The van der Waals surface area contributed by atoms with Crippen LogP contribution in [0.25, 0.3) is 5.69 Å². The summed E-state index contributed by atoms with van der Waals surface area (Å²) in [5, 5.41) is 10.1. The summed E-state index contributed by atoms with van der Waals surface area (Å²) in [7, 11) is 0. The summed E-state index contributed by atoms with van der Waals surface area (Å²) < 4.78 is 1.55. The standard InChI is InChI=1S/C16H20ClN5O2/c1-4-9-18-15(23)10(2)19-16(24)14-20-11(3)22(21-14)13-7-5-12(17)6-8-13/h5-8,10H,4,9H2,1-3H3,(H,18,23)(H,19,24)/t10-/m1/s1. The van der Waals surface area contributed by atoms with Crippen LogP contribution in [0.2, 0.25) is 5.02 Å². The van der Waals surface area contributed by atoms with Crippen molar-refractivity contribution in [2.75, 3.05) is 6.54 Å². The number of carbonyl (C=O) groups excluding carboxylic acids is 2. The second-order valence-electron chi connectivity index (χ2n) is 5.36. The van der Waals surface area contributed by atoms with E-state index in [1.54, 1.807) is 42.8 Å². The maximum Gasteiger partial charge on any atom is 0.291 e. The zero-order chi connectivity index (χ0) is 17.7. The molecule has 2 aromatic rings. The summed E-state index contributed by atoms with van der Waals surface area (Å²) in [6.45, 7) is 5.89. The van der Waals surface area contributed by atoms with Gasteiger partial charge in [0.1, 0.15) is 11.9 Å². The van der Waals surface area contributed by atoms with Crippen molar-refractivity contribution < 1.29 is 9.59 Å². The molecule has 0 saturated heterocycles. The third-order valence-electron chi connectivity index (χ3n) is 3.33. The zero-order valence-electron chi connectivity index (χ0n) is 13.8. The van der Waals surface area contributed by atoms with Gasteiger partial charge in [-0.25, -0.2) is 9.67 Å². The van der Waals surface area contributed by atoms with Crippen molar-refractivity contribution in [1.82, 2.24) is 25.4 Å². The van der Waals surface area contributed by atoms with Crippen LogP contribution in [0.1, 0.15) is 36.7 Å². The van der Waals surface area contributed by atoms with Gasteiger partial charge in [0.15, 0.2) is 0 Å². The maximum absolute atomic E-state index is 12.2. The first kappa shape index (κ1) is 17.9. The number of halogens is 1. The number of nitrogens with zero attached hydrogens (tertiary/aromatic N) is 3. The van der Waals surface area contributed by atoms with Gasteiger partial charge in [0.25, 0.3) is 5.91 Å². The Labute approximate surface area is 145 Å². The topological polar surface area (TPSA) is 88.9 Å². The van der Waals surface area contributed by atoms with E-state index in [2.05, 4.69) is 20.7 Å². The van der Waals surface area contributed by atoms with Crippen LogP contribution in [-0.4, -0.2) is 39.2 Å². The first-order valence-corrected chi connectivity index (χ1v) is 8.08. The molecule has 2 rings (SSSR count). The van der Waals surface area contributed by atoms with Crippen LogP contribution >= 0.6 is 11.6 Å². The minimum atomic E-state index is -0.660. The molecule has 0 aliphatic carbocycles. The highest BCUT2D eigenvalue weighted by Gasteiger charge is 2.20. The van der Waals surface area contributed by atoms with E-state index in [1.807, 2.05) is 6.92 Å². The molecule has 0 aliphatic heterocycles. The molecule has 1 aromatic heterocycles. The Balaban J connectivity index is 2.10. The lowest BCUT2D eigenvalue weighted by Crippen LogP contribution is -2.45. The van der Waals surface area contributed by atoms with E-state index in [1.165, 1.54) is 0 Å². The number of hydrogen-bond acceptors (Lipinski definition) is 4. The molecule has 0 bridgehead atoms. The largest absolute Gasteiger partial charge is 0.354 e. The molecular weight excluding hydrogens is 330 g/mol. The molecule has 1 atom stereocenters. The number of hydrogen-bond donors (Lipinski definition) is 2. The summed E-state index contributed by atoms with van der Waals surface area (Å²) >= 11 is 5.87. The molecule has 0 fully saturated rings. The van der Waals surface area contributed by atoms with E-state index < -0.39 is 11.9 Å². The molecule has 1 heterocycles. The maximum atomic E-state index is 12.2. The normalized spacial score (nSPS) is 11.8. The Kier molecular flexibility index (Phi) is 5.92. The molecule has 0 unspecified atom stereocenters. The first-order valence-electron chi connectivity index (χ1n) is 7.70. The van der Waals surface area contributed by atoms with Crippen molar-refractivity contribution >= 4 is 23.4 Å². The second-order valence-corrected chi connectivity index (χ2v) is 5.79. The van der Waals surface area contributed by atoms with Gasteiger partial charge < -0.3 is 10.6 Å². The molecule has 128 valence electrons. The van der Waals surface area contributed by atoms with Crippen LogP contribution in [-0.2, 0) is 4.79 Å². The van der Waals surface area contributed by atoms with Crippen molar-refractivity contribution in [3.63, 3.8) is 0 Å². The molecule has 24 heavy (non-hydrogen) atoms. The van der Waals surface area contributed by atoms with Gasteiger partial charge in [0.2, 0.25) is 11.7 Å². The molecule has 8 heteroatoms. The fourth-order valence-electron chi connectivity index (χ4n) is 2.04. The van der Waals surface area contributed by atoms with Crippen LogP contribution in [0, 0.1) is 6.92 Å². The van der Waals surface area contributed by atoms with E-state index in [0.29, 0.717) is 17.4 Å². The number of aryl methyl sites for hydroxylation is 1. The fourth-order valence-corrected chi connectivity index (χ4v) is 2.17. The first-order chi connectivity index (χ1) is 11.4. The lowest BCUT2D eigenvalue weighted by molar-refractivity contribution is -0.122. The van der Waals surface area contributed by atoms with Crippen LogP contribution in [0.3, 0.4) is 0 Å². The van der Waals surface area contributed by atoms with Gasteiger partial charge in [-0.1, -0.05) is 18.5 Å². The van der Waals surface area contributed by atoms with Gasteiger partial charge >= 0.3 is 0 Å². The molecule has 0 radical (unpaired) electrons. The number of carbonyl (C=O) groups is 2. The van der Waals surface area contributed by atoms with E-state index in [0.717, 1.165) is 12.1 Å². The van der Waals surface area contributed by atoms with Gasteiger partial charge in [0, 0.05) is 11.6 Å². The lowest BCUT2D eigenvalue weighted by atomic mass is 10.3. The molecular formula is C16H20ClN5O2. The number of aromatic nitrogens is 3. The molecule has 1 aromatic carbocycles. The highest BCUT2D eigenvalue weighted by atomic mass is 35.5. The molecule has 2 N–H and O–H groups in total. The van der Waals surface area contributed by atoms with E-state index in [4.69, 9.17) is 11.6 Å². The summed E-state index contributed by atoms with van der Waals surface area (Å²) in [4.78, 5) is 28.2. The number of rotatable bonds is 6. The minimum Gasteiger partial charge on any atom is -0.354 e. The average molecular weight is 350 g/mol. The second kappa shape index (κ2) is 7.92. The van der Waals surface area contributed by atoms with E-state index in [-0.39, 0.29) is 11.7 Å². The Hall–Kier alpha value is -2.41. The summed E-state index contributed by atoms with van der Waals surface area (Å²) in [5.41, 5.74) is 0.747. The van der Waals surface area contributed by atoms with Crippen LogP contribution < -0.4 is 10.6 Å². The molecule has 0 saturated carbocycles.